The Kier molecular flexibility index (Phi) is 8.27. The molecule has 3 rings (SSSR count). The fourth-order valence-corrected chi connectivity index (χ4v) is 3.57. The first-order chi connectivity index (χ1) is 14.7. The van der Waals surface area contributed by atoms with Gasteiger partial charge in [-0.2, -0.15) is 0 Å². The van der Waals surface area contributed by atoms with Crippen LogP contribution in [0.2, 0.25) is 0 Å². The number of rotatable bonds is 8. The van der Waals surface area contributed by atoms with Crippen LogP contribution in [-0.2, 0) is 19.6 Å². The van der Waals surface area contributed by atoms with Crippen LogP contribution in [0.25, 0.3) is 0 Å². The normalized spacial score (nSPS) is 14.5. The van der Waals surface area contributed by atoms with Crippen molar-refractivity contribution in [2.45, 2.75) is 39.4 Å². The summed E-state index contributed by atoms with van der Waals surface area (Å²) in [6.07, 6.45) is 2.65. The van der Waals surface area contributed by atoms with Gasteiger partial charge in [0.05, 0.1) is 6.54 Å². The molecule has 1 amide bonds. The van der Waals surface area contributed by atoms with Crippen LogP contribution in [0.5, 0.6) is 0 Å². The van der Waals surface area contributed by atoms with Crippen LogP contribution in [-0.4, -0.2) is 43.4 Å². The van der Waals surface area contributed by atoms with E-state index < -0.39 is 0 Å². The molecule has 160 valence electrons. The zero-order chi connectivity index (χ0) is 21.2. The molecular weight excluding hydrogens is 374 g/mol. The molecule has 0 atom stereocenters. The van der Waals surface area contributed by atoms with Crippen LogP contribution < -0.4 is 16.0 Å². The summed E-state index contributed by atoms with van der Waals surface area (Å²) in [6, 6.07) is 16.4. The van der Waals surface area contributed by atoms with Crippen molar-refractivity contribution in [2.24, 2.45) is 4.99 Å². The third-order valence-electron chi connectivity index (χ3n) is 5.29. The fourth-order valence-electron chi connectivity index (χ4n) is 3.57. The van der Waals surface area contributed by atoms with Crippen molar-refractivity contribution in [2.75, 3.05) is 26.7 Å². The van der Waals surface area contributed by atoms with Gasteiger partial charge in [-0.1, -0.05) is 36.4 Å². The third kappa shape index (κ3) is 6.59. The molecule has 6 nitrogen and oxygen atoms in total. The second-order valence-corrected chi connectivity index (χ2v) is 7.62. The van der Waals surface area contributed by atoms with E-state index in [9.17, 15) is 4.79 Å². The Morgan fingerprint density at radius 1 is 0.933 bits per heavy atom. The first-order valence-electron chi connectivity index (χ1n) is 10.8. The summed E-state index contributed by atoms with van der Waals surface area (Å²) in [5, 5.41) is 9.32. The minimum absolute atomic E-state index is 0.0773. The van der Waals surface area contributed by atoms with E-state index in [0.29, 0.717) is 12.1 Å². The van der Waals surface area contributed by atoms with Gasteiger partial charge in [-0.3, -0.25) is 9.69 Å². The quantitative estimate of drug-likeness (QED) is 0.465. The largest absolute Gasteiger partial charge is 0.357 e. The number of nitrogens with zero attached hydrogens (tertiary/aromatic N) is 2. The van der Waals surface area contributed by atoms with Gasteiger partial charge in [0, 0.05) is 32.2 Å². The predicted octanol–water partition coefficient (Wildman–Crippen LogP) is 2.90. The minimum Gasteiger partial charge on any atom is -0.357 e. The van der Waals surface area contributed by atoms with Crippen LogP contribution >= 0.6 is 0 Å². The van der Waals surface area contributed by atoms with E-state index in [1.165, 1.54) is 37.1 Å². The van der Waals surface area contributed by atoms with Crippen LogP contribution in [0.1, 0.15) is 46.8 Å². The SMILES string of the molecule is CCNC(=NCc1ccc(C(=O)NC)cc1)NCc1ccc(CN2CCCC2)cc1. The zero-order valence-corrected chi connectivity index (χ0v) is 18.1. The van der Waals surface area contributed by atoms with Gasteiger partial charge in [-0.05, 0) is 61.7 Å². The van der Waals surface area contributed by atoms with Gasteiger partial charge in [0.15, 0.2) is 5.96 Å². The summed E-state index contributed by atoms with van der Waals surface area (Å²) in [7, 11) is 1.63. The molecule has 30 heavy (non-hydrogen) atoms. The van der Waals surface area contributed by atoms with E-state index in [2.05, 4.69) is 57.0 Å². The molecule has 0 aromatic heterocycles. The number of likely N-dealkylation sites (tertiary alicyclic amines) is 1. The molecule has 2 aromatic carbocycles. The number of nitrogens with one attached hydrogen (secondary N) is 3. The summed E-state index contributed by atoms with van der Waals surface area (Å²) in [6.45, 7) is 7.64. The maximum atomic E-state index is 11.6. The highest BCUT2D eigenvalue weighted by Crippen LogP contribution is 2.13. The summed E-state index contributed by atoms with van der Waals surface area (Å²) in [4.78, 5) is 18.8. The summed E-state index contributed by atoms with van der Waals surface area (Å²) in [5.41, 5.74) is 4.33. The maximum absolute atomic E-state index is 11.6. The Bertz CT molecular complexity index is 824. The Morgan fingerprint density at radius 3 is 2.20 bits per heavy atom. The van der Waals surface area contributed by atoms with Crippen molar-refractivity contribution in [3.63, 3.8) is 0 Å². The molecule has 0 spiro atoms. The molecular formula is C24H33N5O. The molecule has 1 aliphatic heterocycles. The summed E-state index contributed by atoms with van der Waals surface area (Å²) >= 11 is 0. The van der Waals surface area contributed by atoms with Gasteiger partial charge < -0.3 is 16.0 Å². The van der Waals surface area contributed by atoms with Crippen LogP contribution in [0.15, 0.2) is 53.5 Å². The standard InChI is InChI=1S/C24H33N5O/c1-3-26-24(28-17-20-10-12-22(13-11-20)23(30)25-2)27-16-19-6-8-21(9-7-19)18-29-14-4-5-15-29/h6-13H,3-5,14-18H2,1-2H3,(H,25,30)(H2,26,27,28). The fraction of sp³-hybridized carbons (Fsp3) is 0.417. The molecule has 2 aromatic rings. The number of carbonyl (C=O) groups is 1. The first-order valence-corrected chi connectivity index (χ1v) is 10.8. The number of benzene rings is 2. The Balaban J connectivity index is 1.52. The lowest BCUT2D eigenvalue weighted by atomic mass is 10.1. The highest BCUT2D eigenvalue weighted by atomic mass is 16.1. The van der Waals surface area contributed by atoms with Crippen molar-refractivity contribution in [1.82, 2.24) is 20.9 Å². The highest BCUT2D eigenvalue weighted by molar-refractivity contribution is 5.93. The third-order valence-corrected chi connectivity index (χ3v) is 5.29. The molecule has 6 heteroatoms. The number of guanidine groups is 1. The van der Waals surface area contributed by atoms with Crippen molar-refractivity contribution >= 4 is 11.9 Å². The van der Waals surface area contributed by atoms with Gasteiger partial charge in [0.2, 0.25) is 0 Å². The molecule has 0 bridgehead atoms. The van der Waals surface area contributed by atoms with Crippen LogP contribution in [0, 0.1) is 0 Å². The van der Waals surface area contributed by atoms with Crippen LogP contribution in [0.4, 0.5) is 0 Å². The molecule has 1 fully saturated rings. The molecule has 1 aliphatic rings. The van der Waals surface area contributed by atoms with E-state index in [1.54, 1.807) is 7.05 Å². The Hall–Kier alpha value is -2.86. The van der Waals surface area contributed by atoms with E-state index in [-0.39, 0.29) is 5.91 Å². The summed E-state index contributed by atoms with van der Waals surface area (Å²) in [5.74, 6) is 0.709. The Morgan fingerprint density at radius 2 is 1.57 bits per heavy atom. The van der Waals surface area contributed by atoms with Gasteiger partial charge in [0.1, 0.15) is 0 Å². The first kappa shape index (κ1) is 21.8. The molecule has 0 saturated carbocycles. The van der Waals surface area contributed by atoms with Gasteiger partial charge in [0.25, 0.3) is 5.91 Å². The average molecular weight is 408 g/mol. The number of hydrogen-bond donors (Lipinski definition) is 3. The number of carbonyl (C=O) groups excluding carboxylic acids is 1. The number of amides is 1. The number of hydrogen-bond acceptors (Lipinski definition) is 3. The van der Waals surface area contributed by atoms with Crippen molar-refractivity contribution in [3.8, 4) is 0 Å². The predicted molar refractivity (Wildman–Crippen MR) is 122 cm³/mol. The van der Waals surface area contributed by atoms with Gasteiger partial charge in [-0.15, -0.1) is 0 Å². The molecule has 1 saturated heterocycles. The zero-order valence-electron chi connectivity index (χ0n) is 18.1. The van der Waals surface area contributed by atoms with Crippen molar-refractivity contribution in [1.29, 1.82) is 0 Å². The Labute approximate surface area is 179 Å². The maximum Gasteiger partial charge on any atom is 0.251 e. The lowest BCUT2D eigenvalue weighted by Gasteiger charge is -2.15. The van der Waals surface area contributed by atoms with Crippen LogP contribution in [0.3, 0.4) is 0 Å². The van der Waals surface area contributed by atoms with Crippen molar-refractivity contribution < 1.29 is 4.79 Å². The molecule has 1 heterocycles. The second-order valence-electron chi connectivity index (χ2n) is 7.62. The molecule has 3 N–H and O–H groups in total. The van der Waals surface area contributed by atoms with Gasteiger partial charge >= 0.3 is 0 Å². The minimum atomic E-state index is -0.0773. The smallest absolute Gasteiger partial charge is 0.251 e. The number of aliphatic imine (C=N–C) groups is 1. The van der Waals surface area contributed by atoms with Crippen molar-refractivity contribution in [3.05, 3.63) is 70.8 Å². The monoisotopic (exact) mass is 407 g/mol. The van der Waals surface area contributed by atoms with E-state index in [4.69, 9.17) is 0 Å². The molecule has 0 aliphatic carbocycles. The lowest BCUT2D eigenvalue weighted by molar-refractivity contribution is 0.0963. The second kappa shape index (κ2) is 11.4. The summed E-state index contributed by atoms with van der Waals surface area (Å²) < 4.78 is 0. The topological polar surface area (TPSA) is 68.8 Å². The average Bonchev–Trinajstić information content (AvgIpc) is 3.29. The van der Waals surface area contributed by atoms with E-state index in [1.807, 2.05) is 24.3 Å². The van der Waals surface area contributed by atoms with Gasteiger partial charge in [-0.25, -0.2) is 4.99 Å². The van der Waals surface area contributed by atoms with E-state index in [0.717, 1.165) is 31.2 Å². The molecule has 0 radical (unpaired) electrons. The molecule has 0 unspecified atom stereocenters. The lowest BCUT2D eigenvalue weighted by Crippen LogP contribution is -2.36. The van der Waals surface area contributed by atoms with E-state index >= 15 is 0 Å². The highest BCUT2D eigenvalue weighted by Gasteiger charge is 2.11.